The Morgan fingerprint density at radius 2 is 1.88 bits per heavy atom. The maximum Gasteiger partial charge on any atom is 0.335 e. The van der Waals surface area contributed by atoms with Gasteiger partial charge in [0.25, 0.3) is 0 Å². The molecule has 9 nitrogen and oxygen atoms in total. The minimum absolute atomic E-state index is 0.119. The molecule has 0 amide bonds. The highest BCUT2D eigenvalue weighted by Crippen LogP contribution is 2.42. The van der Waals surface area contributed by atoms with Crippen molar-refractivity contribution in [3.63, 3.8) is 0 Å². The number of thiazole rings is 1. The standard InChI is InChI=1S/C22H22N4O5S/c1-12-8-15(25-18(9-12)26-17-10-14(20(29)30)4-7-23-17)16-11-24-21(32-16)22(31)5-2-13(3-6-22)19(27)28/h4,7-11,13,31H,2-3,5-6H2,1H3,(H,27,28)(H,29,30)(H,23,25,26)/t13-,22-. The highest BCUT2D eigenvalue weighted by atomic mass is 32.1. The van der Waals surface area contributed by atoms with Crippen LogP contribution in [0.4, 0.5) is 11.6 Å². The predicted molar refractivity (Wildman–Crippen MR) is 118 cm³/mol. The van der Waals surface area contributed by atoms with Gasteiger partial charge in [-0.3, -0.25) is 4.79 Å². The van der Waals surface area contributed by atoms with Crippen LogP contribution in [-0.4, -0.2) is 42.2 Å². The molecule has 0 saturated heterocycles. The zero-order valence-electron chi connectivity index (χ0n) is 17.3. The highest BCUT2D eigenvalue weighted by Gasteiger charge is 2.39. The number of anilines is 2. The predicted octanol–water partition coefficient (Wildman–Crippen LogP) is 3.81. The highest BCUT2D eigenvalue weighted by molar-refractivity contribution is 7.15. The molecule has 0 aromatic carbocycles. The van der Waals surface area contributed by atoms with Crippen LogP contribution in [0.5, 0.6) is 0 Å². The van der Waals surface area contributed by atoms with Gasteiger partial charge in [0.1, 0.15) is 22.2 Å². The van der Waals surface area contributed by atoms with E-state index in [2.05, 4.69) is 20.3 Å². The van der Waals surface area contributed by atoms with E-state index in [1.54, 1.807) is 6.20 Å². The summed E-state index contributed by atoms with van der Waals surface area (Å²) >= 11 is 1.34. The Balaban J connectivity index is 1.56. The van der Waals surface area contributed by atoms with E-state index in [-0.39, 0.29) is 5.56 Å². The van der Waals surface area contributed by atoms with Gasteiger partial charge in [-0.15, -0.1) is 11.3 Å². The monoisotopic (exact) mass is 454 g/mol. The number of aliphatic carboxylic acids is 1. The summed E-state index contributed by atoms with van der Waals surface area (Å²) in [5, 5.41) is 33.0. The number of carboxylic acids is 2. The van der Waals surface area contributed by atoms with E-state index in [1.165, 1.54) is 29.7 Å². The zero-order chi connectivity index (χ0) is 22.9. The number of carbonyl (C=O) groups is 2. The lowest BCUT2D eigenvalue weighted by Crippen LogP contribution is -2.33. The smallest absolute Gasteiger partial charge is 0.335 e. The van der Waals surface area contributed by atoms with Gasteiger partial charge in [0.2, 0.25) is 0 Å². The van der Waals surface area contributed by atoms with Crippen LogP contribution in [0.2, 0.25) is 0 Å². The number of nitrogens with zero attached hydrogens (tertiary/aromatic N) is 3. The van der Waals surface area contributed by atoms with Gasteiger partial charge in [-0.2, -0.15) is 0 Å². The second kappa shape index (κ2) is 8.64. The van der Waals surface area contributed by atoms with E-state index >= 15 is 0 Å². The first-order valence-electron chi connectivity index (χ1n) is 10.1. The molecule has 1 fully saturated rings. The van der Waals surface area contributed by atoms with Crippen LogP contribution in [0.3, 0.4) is 0 Å². The summed E-state index contributed by atoms with van der Waals surface area (Å²) in [4.78, 5) is 36.3. The molecule has 0 spiro atoms. The summed E-state index contributed by atoms with van der Waals surface area (Å²) in [6.45, 7) is 1.92. The van der Waals surface area contributed by atoms with Crippen LogP contribution in [0, 0.1) is 12.8 Å². The van der Waals surface area contributed by atoms with Crippen LogP contribution in [-0.2, 0) is 10.4 Å². The molecule has 3 aromatic rings. The third-order valence-corrected chi connectivity index (χ3v) is 6.76. The van der Waals surface area contributed by atoms with E-state index < -0.39 is 23.5 Å². The first-order chi connectivity index (χ1) is 15.2. The Hall–Kier alpha value is -3.37. The second-order valence-corrected chi connectivity index (χ2v) is 8.98. The fourth-order valence-corrected chi connectivity index (χ4v) is 4.81. The van der Waals surface area contributed by atoms with Crippen molar-refractivity contribution in [2.24, 2.45) is 5.92 Å². The molecule has 10 heteroatoms. The maximum atomic E-state index is 11.2. The first kappa shape index (κ1) is 21.8. The summed E-state index contributed by atoms with van der Waals surface area (Å²) in [6.07, 6.45) is 4.63. The average Bonchev–Trinajstić information content (AvgIpc) is 3.25. The van der Waals surface area contributed by atoms with Crippen molar-refractivity contribution in [2.45, 2.75) is 38.2 Å². The molecule has 1 aliphatic rings. The maximum absolute atomic E-state index is 11.2. The Labute approximate surface area is 187 Å². The van der Waals surface area contributed by atoms with Crippen molar-refractivity contribution in [2.75, 3.05) is 5.32 Å². The SMILES string of the molecule is Cc1cc(Nc2cc(C(=O)O)ccn2)nc(-c2cnc([C@]3(O)CC[C@H](C(=O)O)CC3)s2)c1. The van der Waals surface area contributed by atoms with Gasteiger partial charge in [-0.25, -0.2) is 19.7 Å². The Kier molecular flexibility index (Phi) is 5.90. The first-order valence-corrected chi connectivity index (χ1v) is 10.9. The minimum Gasteiger partial charge on any atom is -0.481 e. The fourth-order valence-electron chi connectivity index (χ4n) is 3.78. The average molecular weight is 455 g/mol. The van der Waals surface area contributed by atoms with Gasteiger partial charge < -0.3 is 20.6 Å². The van der Waals surface area contributed by atoms with Crippen LogP contribution in [0.1, 0.15) is 46.6 Å². The van der Waals surface area contributed by atoms with Crippen molar-refractivity contribution in [1.82, 2.24) is 15.0 Å². The summed E-state index contributed by atoms with van der Waals surface area (Å²) in [7, 11) is 0. The van der Waals surface area contributed by atoms with Crippen LogP contribution in [0.15, 0.2) is 36.7 Å². The van der Waals surface area contributed by atoms with Crippen molar-refractivity contribution in [1.29, 1.82) is 0 Å². The van der Waals surface area contributed by atoms with Crippen molar-refractivity contribution in [3.05, 3.63) is 52.8 Å². The number of aromatic nitrogens is 3. The summed E-state index contributed by atoms with van der Waals surface area (Å²) in [6, 6.07) is 6.56. The lowest BCUT2D eigenvalue weighted by Gasteiger charge is -2.32. The van der Waals surface area contributed by atoms with Gasteiger partial charge >= 0.3 is 11.9 Å². The molecule has 166 valence electrons. The molecule has 3 aromatic heterocycles. The van der Waals surface area contributed by atoms with E-state index in [0.29, 0.717) is 48.0 Å². The van der Waals surface area contributed by atoms with Gasteiger partial charge in [-0.1, -0.05) is 0 Å². The number of rotatable bonds is 6. The molecule has 32 heavy (non-hydrogen) atoms. The van der Waals surface area contributed by atoms with Crippen LogP contribution in [0.25, 0.3) is 10.6 Å². The molecule has 0 aliphatic heterocycles. The molecule has 0 atom stereocenters. The molecule has 4 N–H and O–H groups in total. The Bertz CT molecular complexity index is 1170. The van der Waals surface area contributed by atoms with E-state index in [9.17, 15) is 19.8 Å². The number of carboxylic acid groups (broad SMARTS) is 2. The molecule has 4 rings (SSSR count). The molecular formula is C22H22N4O5S. The lowest BCUT2D eigenvalue weighted by molar-refractivity contribution is -0.145. The number of nitrogens with one attached hydrogen (secondary N) is 1. The van der Waals surface area contributed by atoms with Crippen LogP contribution < -0.4 is 5.32 Å². The molecular weight excluding hydrogens is 432 g/mol. The second-order valence-electron chi connectivity index (χ2n) is 7.95. The summed E-state index contributed by atoms with van der Waals surface area (Å²) in [5.74, 6) is -1.41. The third-order valence-electron chi connectivity index (χ3n) is 5.55. The fraction of sp³-hybridized carbons (Fsp3) is 0.318. The summed E-state index contributed by atoms with van der Waals surface area (Å²) in [5.41, 5.74) is 0.588. The minimum atomic E-state index is -1.12. The number of hydrogen-bond acceptors (Lipinski definition) is 8. The summed E-state index contributed by atoms with van der Waals surface area (Å²) < 4.78 is 0. The number of aliphatic hydroxyl groups is 1. The molecule has 0 radical (unpaired) electrons. The number of pyridine rings is 2. The topological polar surface area (TPSA) is 146 Å². The van der Waals surface area contributed by atoms with E-state index in [4.69, 9.17) is 5.11 Å². The molecule has 3 heterocycles. The van der Waals surface area contributed by atoms with Gasteiger partial charge in [0, 0.05) is 12.4 Å². The molecule has 1 aliphatic carbocycles. The van der Waals surface area contributed by atoms with Crippen molar-refractivity contribution >= 4 is 34.9 Å². The number of aromatic carboxylic acids is 1. The number of hydrogen-bond donors (Lipinski definition) is 4. The third kappa shape index (κ3) is 4.61. The van der Waals surface area contributed by atoms with Crippen LogP contribution >= 0.6 is 11.3 Å². The Morgan fingerprint density at radius 3 is 2.56 bits per heavy atom. The van der Waals surface area contributed by atoms with Crippen molar-refractivity contribution < 1.29 is 24.9 Å². The van der Waals surface area contributed by atoms with Gasteiger partial charge in [0.15, 0.2) is 0 Å². The largest absolute Gasteiger partial charge is 0.481 e. The Morgan fingerprint density at radius 1 is 1.12 bits per heavy atom. The van der Waals surface area contributed by atoms with Gasteiger partial charge in [0.05, 0.1) is 22.1 Å². The van der Waals surface area contributed by atoms with E-state index in [0.717, 1.165) is 10.4 Å². The van der Waals surface area contributed by atoms with Crippen molar-refractivity contribution in [3.8, 4) is 10.6 Å². The lowest BCUT2D eigenvalue weighted by atomic mass is 9.79. The van der Waals surface area contributed by atoms with Gasteiger partial charge in [-0.05, 0) is 62.4 Å². The molecule has 1 saturated carbocycles. The normalized spacial score (nSPS) is 20.6. The van der Waals surface area contributed by atoms with E-state index in [1.807, 2.05) is 19.1 Å². The quantitative estimate of drug-likeness (QED) is 0.437. The molecule has 0 bridgehead atoms. The number of aryl methyl sites for hydroxylation is 1. The molecule has 0 unspecified atom stereocenters. The zero-order valence-corrected chi connectivity index (χ0v) is 18.1.